The summed E-state index contributed by atoms with van der Waals surface area (Å²) < 4.78 is 29.3. The average molecular weight is 376 g/mol. The molecule has 8 heteroatoms. The number of aromatic hydroxyl groups is 2. The van der Waals surface area contributed by atoms with E-state index < -0.39 is 16.9 Å². The lowest BCUT2D eigenvalue weighted by atomic mass is 10.1. The maximum Gasteiger partial charge on any atom is 0.239 e. The molecule has 3 rings (SSSR count). The fourth-order valence-corrected chi connectivity index (χ4v) is 2.71. The topological polar surface area (TPSA) is 98.4 Å². The van der Waals surface area contributed by atoms with Crippen molar-refractivity contribution in [2.24, 2.45) is 0 Å². The normalized spacial score (nSPS) is 10.8. The van der Waals surface area contributed by atoms with Crippen molar-refractivity contribution in [1.29, 1.82) is 0 Å². The molecule has 2 aromatic carbocycles. The first-order valence-corrected chi connectivity index (χ1v) is 8.21. The number of hydrogen-bond acceptors (Lipinski definition) is 7. The third-order valence-electron chi connectivity index (χ3n) is 3.80. The molecule has 0 bridgehead atoms. The molecule has 0 amide bonds. The van der Waals surface area contributed by atoms with Gasteiger partial charge < -0.3 is 24.1 Å². The van der Waals surface area contributed by atoms with Gasteiger partial charge in [0, 0.05) is 22.2 Å². The molecule has 0 saturated heterocycles. The molecule has 0 aliphatic heterocycles. The molecule has 0 saturated carbocycles. The smallest absolute Gasteiger partial charge is 0.239 e. The Kier molecular flexibility index (Phi) is 5.07. The van der Waals surface area contributed by atoms with Gasteiger partial charge in [0.15, 0.2) is 11.5 Å². The predicted octanol–water partition coefficient (Wildman–Crippen LogP) is 3.93. The number of halogens is 1. The van der Waals surface area contributed by atoms with Gasteiger partial charge in [-0.2, -0.15) is 0 Å². The highest BCUT2D eigenvalue weighted by Gasteiger charge is 2.22. The van der Waals surface area contributed by atoms with Gasteiger partial charge in [-0.15, -0.1) is 0 Å². The highest BCUT2D eigenvalue weighted by Crippen LogP contribution is 2.39. The molecule has 0 atom stereocenters. The fourth-order valence-electron chi connectivity index (χ4n) is 2.71. The second-order valence-corrected chi connectivity index (χ2v) is 5.53. The van der Waals surface area contributed by atoms with Gasteiger partial charge in [-0.25, -0.2) is 0 Å². The number of rotatable bonds is 6. The highest BCUT2D eigenvalue weighted by atomic mass is 19.3. The SMILES string of the molecule is CCOc1c(-c2ccc(O)c(OF)c2)oc2cc(O)cc(OCC)c2c1=O. The Hall–Kier alpha value is -3.42. The molecule has 0 aliphatic rings. The second-order valence-electron chi connectivity index (χ2n) is 5.53. The van der Waals surface area contributed by atoms with E-state index in [2.05, 4.69) is 4.94 Å². The number of ether oxygens (including phenoxy) is 2. The second kappa shape index (κ2) is 7.45. The molecule has 0 spiro atoms. The van der Waals surface area contributed by atoms with Crippen LogP contribution in [0.15, 0.2) is 39.5 Å². The Labute approximate surface area is 153 Å². The standard InChI is InChI=1S/C19H17FO7/c1-3-24-14-8-11(21)9-15-16(14)17(23)19(25-4-2)18(26-15)10-5-6-12(22)13(7-10)27-20/h5-9,21-22H,3-4H2,1-2H3. The van der Waals surface area contributed by atoms with E-state index in [0.29, 0.717) is 0 Å². The van der Waals surface area contributed by atoms with Crippen LogP contribution < -0.4 is 19.8 Å². The Morgan fingerprint density at radius 2 is 1.78 bits per heavy atom. The van der Waals surface area contributed by atoms with Crippen LogP contribution in [0.4, 0.5) is 4.53 Å². The van der Waals surface area contributed by atoms with Crippen molar-refractivity contribution in [3.8, 4) is 40.1 Å². The van der Waals surface area contributed by atoms with Gasteiger partial charge in [-0.05, 0) is 32.0 Å². The molecule has 0 fully saturated rings. The molecule has 142 valence electrons. The third kappa shape index (κ3) is 3.33. The van der Waals surface area contributed by atoms with E-state index in [-0.39, 0.29) is 52.8 Å². The number of phenols is 2. The molecule has 7 nitrogen and oxygen atoms in total. The van der Waals surface area contributed by atoms with Gasteiger partial charge in [0.25, 0.3) is 0 Å². The van der Waals surface area contributed by atoms with Gasteiger partial charge in [-0.3, -0.25) is 9.74 Å². The third-order valence-corrected chi connectivity index (χ3v) is 3.80. The Morgan fingerprint density at radius 3 is 2.44 bits per heavy atom. The lowest BCUT2D eigenvalue weighted by Crippen LogP contribution is -2.11. The summed E-state index contributed by atoms with van der Waals surface area (Å²) in [4.78, 5) is 16.7. The Balaban J connectivity index is 2.36. The monoisotopic (exact) mass is 376 g/mol. The van der Waals surface area contributed by atoms with E-state index in [4.69, 9.17) is 13.9 Å². The van der Waals surface area contributed by atoms with E-state index >= 15 is 0 Å². The minimum Gasteiger partial charge on any atom is -0.508 e. The minimum atomic E-state index is -0.507. The van der Waals surface area contributed by atoms with Crippen molar-refractivity contribution in [1.82, 2.24) is 0 Å². The lowest BCUT2D eigenvalue weighted by Gasteiger charge is -2.13. The van der Waals surface area contributed by atoms with Gasteiger partial charge in [0.05, 0.1) is 13.2 Å². The van der Waals surface area contributed by atoms with Crippen LogP contribution in [0.5, 0.6) is 28.7 Å². The summed E-state index contributed by atoms with van der Waals surface area (Å²) in [5, 5.41) is 19.6. The minimum absolute atomic E-state index is 0.000647. The van der Waals surface area contributed by atoms with Crippen LogP contribution in [0.1, 0.15) is 13.8 Å². The van der Waals surface area contributed by atoms with E-state index in [1.165, 1.54) is 24.3 Å². The fraction of sp³-hybridized carbons (Fsp3) is 0.211. The molecule has 0 radical (unpaired) electrons. The van der Waals surface area contributed by atoms with Crippen molar-refractivity contribution < 1.29 is 33.6 Å². The van der Waals surface area contributed by atoms with E-state index in [1.54, 1.807) is 13.8 Å². The molecule has 0 unspecified atom stereocenters. The van der Waals surface area contributed by atoms with E-state index in [0.717, 1.165) is 6.07 Å². The van der Waals surface area contributed by atoms with E-state index in [1.807, 2.05) is 0 Å². The van der Waals surface area contributed by atoms with Crippen LogP contribution in [-0.2, 0) is 0 Å². The number of benzene rings is 2. The lowest BCUT2D eigenvalue weighted by molar-refractivity contribution is -0.00888. The maximum atomic E-state index is 13.0. The molecule has 2 N–H and O–H groups in total. The average Bonchev–Trinajstić information content (AvgIpc) is 2.64. The summed E-state index contributed by atoms with van der Waals surface area (Å²) in [7, 11) is 0. The van der Waals surface area contributed by atoms with Crippen LogP contribution in [0, 0.1) is 0 Å². The summed E-state index contributed by atoms with van der Waals surface area (Å²) in [5.74, 6) is -0.954. The van der Waals surface area contributed by atoms with Crippen LogP contribution in [0.25, 0.3) is 22.3 Å². The number of fused-ring (bicyclic) bond motifs is 1. The van der Waals surface area contributed by atoms with Gasteiger partial charge in [-0.1, -0.05) is 0 Å². The summed E-state index contributed by atoms with van der Waals surface area (Å²) in [5.41, 5.74) is -0.200. The molecular weight excluding hydrogens is 359 g/mol. The molecule has 3 aromatic rings. The van der Waals surface area contributed by atoms with E-state index in [9.17, 15) is 19.5 Å². The van der Waals surface area contributed by atoms with Crippen LogP contribution in [0.2, 0.25) is 0 Å². The molecule has 1 heterocycles. The van der Waals surface area contributed by atoms with Gasteiger partial charge in [0.1, 0.15) is 22.5 Å². The summed E-state index contributed by atoms with van der Waals surface area (Å²) in [6.45, 7) is 3.89. The van der Waals surface area contributed by atoms with Crippen molar-refractivity contribution >= 4 is 11.0 Å². The summed E-state index contributed by atoms with van der Waals surface area (Å²) in [6.07, 6.45) is 0. The van der Waals surface area contributed by atoms with Crippen LogP contribution in [0.3, 0.4) is 0 Å². The van der Waals surface area contributed by atoms with Crippen molar-refractivity contribution in [2.75, 3.05) is 13.2 Å². The first-order valence-electron chi connectivity index (χ1n) is 8.21. The number of phenolic OH excluding ortho intramolecular Hbond substituents is 2. The Bertz CT molecular complexity index is 1040. The largest absolute Gasteiger partial charge is 0.508 e. The zero-order valence-corrected chi connectivity index (χ0v) is 14.6. The first-order chi connectivity index (χ1) is 13.0. The van der Waals surface area contributed by atoms with Crippen LogP contribution >= 0.6 is 0 Å². The summed E-state index contributed by atoms with van der Waals surface area (Å²) >= 11 is 0. The molecule has 27 heavy (non-hydrogen) atoms. The molecule has 0 aliphatic carbocycles. The molecular formula is C19H17FO7. The van der Waals surface area contributed by atoms with Crippen molar-refractivity contribution in [2.45, 2.75) is 13.8 Å². The number of hydrogen-bond donors (Lipinski definition) is 2. The van der Waals surface area contributed by atoms with Gasteiger partial charge >= 0.3 is 0 Å². The highest BCUT2D eigenvalue weighted by molar-refractivity contribution is 5.88. The predicted molar refractivity (Wildman–Crippen MR) is 95.3 cm³/mol. The zero-order chi connectivity index (χ0) is 19.6. The molecule has 1 aromatic heterocycles. The van der Waals surface area contributed by atoms with Crippen LogP contribution in [-0.4, -0.2) is 23.4 Å². The first kappa shape index (κ1) is 18.4. The van der Waals surface area contributed by atoms with Crippen molar-refractivity contribution in [3.63, 3.8) is 0 Å². The quantitative estimate of drug-likeness (QED) is 0.672. The van der Waals surface area contributed by atoms with Gasteiger partial charge in [0.2, 0.25) is 16.9 Å². The Morgan fingerprint density at radius 1 is 1.04 bits per heavy atom. The zero-order valence-electron chi connectivity index (χ0n) is 14.6. The summed E-state index contributed by atoms with van der Waals surface area (Å²) in [6, 6.07) is 6.35. The van der Waals surface area contributed by atoms with Crippen molar-refractivity contribution in [3.05, 3.63) is 40.6 Å². The maximum absolute atomic E-state index is 13.0.